The Kier molecular flexibility index (Phi) is 14.3. The van der Waals surface area contributed by atoms with Gasteiger partial charge in [-0.1, -0.05) is 52.2 Å². The summed E-state index contributed by atoms with van der Waals surface area (Å²) in [6.45, 7) is 7.31. The van der Waals surface area contributed by atoms with Crippen LogP contribution in [0, 0.1) is 5.92 Å². The maximum atomic E-state index is 6.60. The van der Waals surface area contributed by atoms with Gasteiger partial charge in [0.1, 0.15) is 34.5 Å². The fraction of sp³-hybridized carbons (Fsp3) is 0.444. The summed E-state index contributed by atoms with van der Waals surface area (Å²) in [7, 11) is 8.39. The zero-order valence-corrected chi connectivity index (χ0v) is 30.4. The molecule has 0 fully saturated rings. The molecule has 6 nitrogen and oxygen atoms in total. The van der Waals surface area contributed by atoms with Crippen molar-refractivity contribution in [1.29, 1.82) is 0 Å². The summed E-state index contributed by atoms with van der Waals surface area (Å²) in [6.07, 6.45) is 9.39. The molecule has 0 saturated heterocycles. The smallest absolute Gasteiger partial charge is 0.133 e. The minimum atomic E-state index is 0.113. The van der Waals surface area contributed by atoms with Crippen LogP contribution in [-0.4, -0.2) is 42.2 Å². The number of benzene rings is 3. The lowest BCUT2D eigenvalue weighted by molar-refractivity contribution is 0.232. The van der Waals surface area contributed by atoms with Crippen LogP contribution in [0.5, 0.6) is 34.5 Å². The number of rotatable bonds is 17. The van der Waals surface area contributed by atoms with Crippen molar-refractivity contribution >= 4 is 44.0 Å². The lowest BCUT2D eigenvalue weighted by atomic mass is 9.91. The third-order valence-corrected chi connectivity index (χ3v) is 9.18. The van der Waals surface area contributed by atoms with Gasteiger partial charge in [-0.25, -0.2) is 0 Å². The molecule has 3 rings (SSSR count). The fourth-order valence-electron chi connectivity index (χ4n) is 5.23. The average molecular weight is 735 g/mol. The predicted molar refractivity (Wildman–Crippen MR) is 187 cm³/mol. The summed E-state index contributed by atoms with van der Waals surface area (Å²) >= 11 is 7.13. The first-order valence-electron chi connectivity index (χ1n) is 15.1. The summed E-state index contributed by atoms with van der Waals surface area (Å²) < 4.78 is 36.7. The molecule has 0 aliphatic carbocycles. The topological polar surface area (TPSA) is 55.4 Å². The molecular formula is C36H46Br2O6. The second-order valence-electron chi connectivity index (χ2n) is 10.8. The van der Waals surface area contributed by atoms with Crippen LogP contribution in [0.3, 0.4) is 0 Å². The second-order valence-corrected chi connectivity index (χ2v) is 12.5. The maximum Gasteiger partial charge on any atom is 0.133 e. The van der Waals surface area contributed by atoms with Gasteiger partial charge < -0.3 is 28.4 Å². The van der Waals surface area contributed by atoms with Gasteiger partial charge in [-0.15, -0.1) is 0 Å². The van der Waals surface area contributed by atoms with E-state index in [-0.39, 0.29) is 5.92 Å². The quantitative estimate of drug-likeness (QED) is 0.129. The van der Waals surface area contributed by atoms with Gasteiger partial charge in [0, 0.05) is 16.7 Å². The summed E-state index contributed by atoms with van der Waals surface area (Å²) in [5, 5.41) is 0. The molecule has 0 radical (unpaired) electrons. The van der Waals surface area contributed by atoms with E-state index in [1.54, 1.807) is 35.5 Å². The minimum Gasteiger partial charge on any atom is -0.496 e. The average Bonchev–Trinajstić information content (AvgIpc) is 3.04. The molecule has 2 atom stereocenters. The molecular weight excluding hydrogens is 688 g/mol. The van der Waals surface area contributed by atoms with Crippen molar-refractivity contribution in [2.45, 2.75) is 58.8 Å². The standard InChI is InChI=1S/C36H46Br2O6/c1-9-11-12-24(10-2)22-44-33-18-27(15-23(3)28-19-36(43-8)30(38)21-34(28)41-6)31(39-4)16-26(33)14-13-25-17-35(42-7)29(37)20-32(25)40-5/h13-14,16-21,23-24H,9-12,15,22H2,1-8H3/b14-13+. The molecule has 0 saturated carbocycles. The van der Waals surface area contributed by atoms with E-state index in [0.717, 1.165) is 85.0 Å². The van der Waals surface area contributed by atoms with E-state index in [9.17, 15) is 0 Å². The van der Waals surface area contributed by atoms with Gasteiger partial charge in [-0.05, 0) is 98.5 Å². The van der Waals surface area contributed by atoms with Crippen LogP contribution in [-0.2, 0) is 6.42 Å². The molecule has 0 N–H and O–H groups in total. The van der Waals surface area contributed by atoms with Crippen molar-refractivity contribution < 1.29 is 28.4 Å². The summed E-state index contributed by atoms with van der Waals surface area (Å²) in [5.74, 6) is 5.26. The number of hydrogen-bond acceptors (Lipinski definition) is 6. The van der Waals surface area contributed by atoms with Gasteiger partial charge in [0.15, 0.2) is 0 Å². The molecule has 0 aliphatic rings. The van der Waals surface area contributed by atoms with E-state index in [1.165, 1.54) is 12.8 Å². The number of hydrogen-bond donors (Lipinski definition) is 0. The number of unbranched alkanes of at least 4 members (excludes halogenated alkanes) is 1. The van der Waals surface area contributed by atoms with E-state index in [1.807, 2.05) is 36.4 Å². The first-order valence-corrected chi connectivity index (χ1v) is 16.7. The lowest BCUT2D eigenvalue weighted by Crippen LogP contribution is -2.12. The summed E-state index contributed by atoms with van der Waals surface area (Å²) in [6, 6.07) is 12.0. The van der Waals surface area contributed by atoms with Crippen LogP contribution in [0.15, 0.2) is 45.3 Å². The fourth-order valence-corrected chi connectivity index (χ4v) is 6.20. The Morgan fingerprint density at radius 2 is 1.20 bits per heavy atom. The predicted octanol–water partition coefficient (Wildman–Crippen LogP) is 10.4. The van der Waals surface area contributed by atoms with Gasteiger partial charge >= 0.3 is 0 Å². The van der Waals surface area contributed by atoms with Crippen LogP contribution >= 0.6 is 31.9 Å². The van der Waals surface area contributed by atoms with E-state index in [2.05, 4.69) is 64.8 Å². The molecule has 3 aromatic rings. The summed E-state index contributed by atoms with van der Waals surface area (Å²) in [5.41, 5.74) is 3.93. The molecule has 0 amide bonds. The normalized spacial score (nSPS) is 12.6. The van der Waals surface area contributed by atoms with Crippen LogP contribution in [0.1, 0.15) is 74.6 Å². The lowest BCUT2D eigenvalue weighted by Gasteiger charge is -2.21. The highest BCUT2D eigenvalue weighted by Gasteiger charge is 2.20. The molecule has 0 spiro atoms. The van der Waals surface area contributed by atoms with Gasteiger partial charge in [-0.2, -0.15) is 0 Å². The Morgan fingerprint density at radius 1 is 0.659 bits per heavy atom. The Labute approximate surface area is 280 Å². The van der Waals surface area contributed by atoms with Crippen LogP contribution in [0.2, 0.25) is 0 Å². The molecule has 44 heavy (non-hydrogen) atoms. The molecule has 240 valence electrons. The molecule has 0 heterocycles. The Bertz CT molecular complexity index is 1400. The van der Waals surface area contributed by atoms with Crippen molar-refractivity contribution in [3.8, 4) is 34.5 Å². The van der Waals surface area contributed by atoms with E-state index in [4.69, 9.17) is 28.4 Å². The minimum absolute atomic E-state index is 0.113. The van der Waals surface area contributed by atoms with Crippen LogP contribution < -0.4 is 28.4 Å². The van der Waals surface area contributed by atoms with E-state index in [0.29, 0.717) is 12.5 Å². The van der Waals surface area contributed by atoms with Crippen molar-refractivity contribution in [2.75, 3.05) is 42.2 Å². The highest BCUT2D eigenvalue weighted by Crippen LogP contribution is 2.40. The molecule has 0 bridgehead atoms. The van der Waals surface area contributed by atoms with Crippen LogP contribution in [0.4, 0.5) is 0 Å². The molecule has 2 unspecified atom stereocenters. The Hall–Kier alpha value is -2.84. The van der Waals surface area contributed by atoms with Gasteiger partial charge in [0.05, 0.1) is 51.1 Å². The first kappa shape index (κ1) is 35.6. The number of halogens is 2. The third kappa shape index (κ3) is 9.10. The SMILES string of the molecule is CCCCC(CC)COc1cc(CC(C)c2cc(OC)c(Br)cc2OC)c(OC)cc1/C=C/c1cc(OC)c(Br)cc1OC. The molecule has 0 aliphatic heterocycles. The van der Waals surface area contributed by atoms with Crippen molar-refractivity contribution in [3.05, 3.63) is 67.6 Å². The zero-order valence-electron chi connectivity index (χ0n) is 27.2. The number of methoxy groups -OCH3 is 5. The van der Waals surface area contributed by atoms with Gasteiger partial charge in [0.25, 0.3) is 0 Å². The highest BCUT2D eigenvalue weighted by molar-refractivity contribution is 9.11. The summed E-state index contributed by atoms with van der Waals surface area (Å²) in [4.78, 5) is 0. The largest absolute Gasteiger partial charge is 0.496 e. The molecule has 8 heteroatoms. The first-order chi connectivity index (χ1) is 21.2. The van der Waals surface area contributed by atoms with Gasteiger partial charge in [-0.3, -0.25) is 0 Å². The zero-order chi connectivity index (χ0) is 32.2. The Balaban J connectivity index is 2.06. The van der Waals surface area contributed by atoms with Crippen molar-refractivity contribution in [2.24, 2.45) is 5.92 Å². The van der Waals surface area contributed by atoms with Crippen molar-refractivity contribution in [3.63, 3.8) is 0 Å². The van der Waals surface area contributed by atoms with E-state index >= 15 is 0 Å². The van der Waals surface area contributed by atoms with E-state index < -0.39 is 0 Å². The van der Waals surface area contributed by atoms with Gasteiger partial charge in [0.2, 0.25) is 0 Å². The Morgan fingerprint density at radius 3 is 1.77 bits per heavy atom. The highest BCUT2D eigenvalue weighted by atomic mass is 79.9. The van der Waals surface area contributed by atoms with Crippen LogP contribution in [0.25, 0.3) is 12.2 Å². The maximum absolute atomic E-state index is 6.60. The number of ether oxygens (including phenoxy) is 6. The molecule has 0 aromatic heterocycles. The van der Waals surface area contributed by atoms with Crippen molar-refractivity contribution in [1.82, 2.24) is 0 Å². The molecule has 3 aromatic carbocycles. The second kappa shape index (κ2) is 17.6. The third-order valence-electron chi connectivity index (χ3n) is 7.94. The monoisotopic (exact) mass is 732 g/mol.